The molecule has 5 heteroatoms. The second-order valence-electron chi connectivity index (χ2n) is 4.11. The van der Waals surface area contributed by atoms with Crippen molar-refractivity contribution >= 4 is 41.3 Å². The van der Waals surface area contributed by atoms with Crippen LogP contribution in [0.2, 0.25) is 0 Å². The fourth-order valence-electron chi connectivity index (χ4n) is 1.88. The quantitative estimate of drug-likeness (QED) is 0.367. The van der Waals surface area contributed by atoms with Crippen molar-refractivity contribution in [2.24, 2.45) is 4.99 Å². The van der Waals surface area contributed by atoms with Crippen molar-refractivity contribution < 1.29 is 0 Å². The Morgan fingerprint density at radius 2 is 2.22 bits per heavy atom. The molecule has 0 atom stereocenters. The Bertz CT molecular complexity index is 379. The van der Waals surface area contributed by atoms with E-state index in [1.807, 2.05) is 7.05 Å². The Kier molecular flexibility index (Phi) is 7.34. The largest absolute Gasteiger partial charge is 0.356 e. The molecule has 0 spiro atoms. The van der Waals surface area contributed by atoms with Crippen LogP contribution in [0.4, 0.5) is 0 Å². The van der Waals surface area contributed by atoms with Gasteiger partial charge in [-0.1, -0.05) is 18.2 Å². The molecular formula is C13H20IN3S. The van der Waals surface area contributed by atoms with Gasteiger partial charge in [-0.25, -0.2) is 0 Å². The first-order chi connectivity index (χ1) is 8.38. The van der Waals surface area contributed by atoms with E-state index in [1.54, 1.807) is 11.3 Å². The van der Waals surface area contributed by atoms with Gasteiger partial charge in [0.1, 0.15) is 0 Å². The Balaban J connectivity index is 0.00000162. The highest BCUT2D eigenvalue weighted by Crippen LogP contribution is 2.09. The minimum Gasteiger partial charge on any atom is -0.356 e. The van der Waals surface area contributed by atoms with E-state index >= 15 is 0 Å². The number of nitrogens with one attached hydrogen (secondary N) is 2. The number of hydrogen-bond donors (Lipinski definition) is 2. The molecule has 0 fully saturated rings. The zero-order valence-electron chi connectivity index (χ0n) is 10.6. The minimum absolute atomic E-state index is 0. The lowest BCUT2D eigenvalue weighted by Crippen LogP contribution is -2.43. The number of halogens is 1. The molecule has 2 N–H and O–H groups in total. The minimum atomic E-state index is 0. The average Bonchev–Trinajstić information content (AvgIpc) is 3.00. The first-order valence-corrected chi connectivity index (χ1v) is 6.91. The van der Waals surface area contributed by atoms with E-state index in [2.05, 4.69) is 45.3 Å². The highest BCUT2D eigenvalue weighted by atomic mass is 127. The first kappa shape index (κ1) is 15.5. The Labute approximate surface area is 130 Å². The summed E-state index contributed by atoms with van der Waals surface area (Å²) >= 11 is 1.80. The summed E-state index contributed by atoms with van der Waals surface area (Å²) in [5, 5.41) is 8.90. The topological polar surface area (TPSA) is 36.4 Å². The van der Waals surface area contributed by atoms with Crippen LogP contribution in [0.25, 0.3) is 0 Å². The van der Waals surface area contributed by atoms with Crippen molar-refractivity contribution in [3.05, 3.63) is 34.5 Å². The molecule has 0 aliphatic heterocycles. The van der Waals surface area contributed by atoms with Crippen molar-refractivity contribution in [2.75, 3.05) is 13.6 Å². The third-order valence-electron chi connectivity index (χ3n) is 2.82. The summed E-state index contributed by atoms with van der Waals surface area (Å²) in [7, 11) is 1.82. The SMILES string of the molecule is CN=C(NCCc1cccs1)NC1CC=CC1.I. The van der Waals surface area contributed by atoms with Crippen LogP contribution in [0.5, 0.6) is 0 Å². The molecule has 0 unspecified atom stereocenters. The van der Waals surface area contributed by atoms with Crippen LogP contribution >= 0.6 is 35.3 Å². The van der Waals surface area contributed by atoms with Crippen molar-refractivity contribution in [3.63, 3.8) is 0 Å². The molecular weight excluding hydrogens is 357 g/mol. The summed E-state index contributed by atoms with van der Waals surface area (Å²) in [6.07, 6.45) is 7.70. The Hall–Kier alpha value is -0.560. The smallest absolute Gasteiger partial charge is 0.191 e. The van der Waals surface area contributed by atoms with Crippen LogP contribution in [0.1, 0.15) is 17.7 Å². The maximum atomic E-state index is 4.24. The number of hydrogen-bond acceptors (Lipinski definition) is 2. The zero-order valence-corrected chi connectivity index (χ0v) is 13.7. The molecule has 1 aliphatic carbocycles. The first-order valence-electron chi connectivity index (χ1n) is 6.03. The fraction of sp³-hybridized carbons (Fsp3) is 0.462. The van der Waals surface area contributed by atoms with Crippen molar-refractivity contribution in [3.8, 4) is 0 Å². The van der Waals surface area contributed by atoms with Gasteiger partial charge in [-0.15, -0.1) is 35.3 Å². The summed E-state index contributed by atoms with van der Waals surface area (Å²) < 4.78 is 0. The number of rotatable bonds is 4. The third-order valence-corrected chi connectivity index (χ3v) is 3.75. The maximum absolute atomic E-state index is 4.24. The lowest BCUT2D eigenvalue weighted by molar-refractivity contribution is 0.633. The van der Waals surface area contributed by atoms with Crippen LogP contribution in [0.3, 0.4) is 0 Å². The number of nitrogens with zero attached hydrogens (tertiary/aromatic N) is 1. The Morgan fingerprint density at radius 3 is 2.83 bits per heavy atom. The van der Waals surface area contributed by atoms with Gasteiger partial charge in [-0.3, -0.25) is 4.99 Å². The van der Waals surface area contributed by atoms with Gasteiger partial charge in [0.05, 0.1) is 0 Å². The molecule has 1 aromatic heterocycles. The van der Waals surface area contributed by atoms with Crippen LogP contribution < -0.4 is 10.6 Å². The second-order valence-corrected chi connectivity index (χ2v) is 5.14. The molecule has 1 aromatic rings. The molecule has 100 valence electrons. The summed E-state index contributed by atoms with van der Waals surface area (Å²) in [4.78, 5) is 5.65. The van der Waals surface area contributed by atoms with Crippen LogP contribution in [-0.4, -0.2) is 25.6 Å². The molecule has 18 heavy (non-hydrogen) atoms. The predicted octanol–water partition coefficient (Wildman–Crippen LogP) is 2.79. The van der Waals surface area contributed by atoms with Gasteiger partial charge in [-0.2, -0.15) is 0 Å². The molecule has 3 nitrogen and oxygen atoms in total. The summed E-state index contributed by atoms with van der Waals surface area (Å²) in [5.41, 5.74) is 0. The van der Waals surface area contributed by atoms with Gasteiger partial charge in [0.2, 0.25) is 0 Å². The van der Waals surface area contributed by atoms with Crippen LogP contribution in [0, 0.1) is 0 Å². The van der Waals surface area contributed by atoms with E-state index < -0.39 is 0 Å². The number of guanidine groups is 1. The summed E-state index contributed by atoms with van der Waals surface area (Å²) in [6.45, 7) is 0.931. The summed E-state index contributed by atoms with van der Waals surface area (Å²) in [6, 6.07) is 4.78. The van der Waals surface area contributed by atoms with Crippen molar-refractivity contribution in [1.29, 1.82) is 0 Å². The highest BCUT2D eigenvalue weighted by Gasteiger charge is 2.11. The highest BCUT2D eigenvalue weighted by molar-refractivity contribution is 14.0. The summed E-state index contributed by atoms with van der Waals surface area (Å²) in [5.74, 6) is 0.912. The molecule has 0 amide bonds. The van der Waals surface area contributed by atoms with Crippen molar-refractivity contribution in [2.45, 2.75) is 25.3 Å². The van der Waals surface area contributed by atoms with Crippen LogP contribution in [0.15, 0.2) is 34.7 Å². The number of aliphatic imine (C=N–C) groups is 1. The Morgan fingerprint density at radius 1 is 1.44 bits per heavy atom. The van der Waals surface area contributed by atoms with Gasteiger partial charge in [-0.05, 0) is 30.7 Å². The van der Waals surface area contributed by atoms with Gasteiger partial charge in [0.25, 0.3) is 0 Å². The molecule has 0 aromatic carbocycles. The monoisotopic (exact) mass is 377 g/mol. The second kappa shape index (κ2) is 8.53. The average molecular weight is 377 g/mol. The van der Waals surface area contributed by atoms with E-state index in [1.165, 1.54) is 4.88 Å². The molecule has 0 saturated heterocycles. The lowest BCUT2D eigenvalue weighted by atomic mass is 10.2. The number of thiophene rings is 1. The lowest BCUT2D eigenvalue weighted by Gasteiger charge is -2.16. The molecule has 2 rings (SSSR count). The van der Waals surface area contributed by atoms with Gasteiger partial charge in [0, 0.05) is 24.5 Å². The van der Waals surface area contributed by atoms with Gasteiger partial charge < -0.3 is 10.6 Å². The molecule has 0 radical (unpaired) electrons. The molecule has 1 heterocycles. The normalized spacial score (nSPS) is 15.5. The predicted molar refractivity (Wildman–Crippen MR) is 90.1 cm³/mol. The van der Waals surface area contributed by atoms with Crippen molar-refractivity contribution in [1.82, 2.24) is 10.6 Å². The van der Waals surface area contributed by atoms with E-state index in [0.29, 0.717) is 6.04 Å². The van der Waals surface area contributed by atoms with E-state index in [-0.39, 0.29) is 24.0 Å². The van der Waals surface area contributed by atoms with Gasteiger partial charge in [0.15, 0.2) is 5.96 Å². The zero-order chi connectivity index (χ0) is 11.9. The fourth-order valence-corrected chi connectivity index (χ4v) is 2.59. The third kappa shape index (κ3) is 4.97. The molecule has 0 saturated carbocycles. The van der Waals surface area contributed by atoms with Crippen LogP contribution in [-0.2, 0) is 6.42 Å². The maximum Gasteiger partial charge on any atom is 0.191 e. The van der Waals surface area contributed by atoms with E-state index in [4.69, 9.17) is 0 Å². The molecule has 1 aliphatic rings. The van der Waals surface area contributed by atoms with E-state index in [9.17, 15) is 0 Å². The van der Waals surface area contributed by atoms with Gasteiger partial charge >= 0.3 is 0 Å². The standard InChI is InChI=1S/C13H19N3S.HI/c1-14-13(16-11-5-2-3-6-11)15-9-8-12-7-4-10-17-12;/h2-4,7,10-11H,5-6,8-9H2,1H3,(H2,14,15,16);1H. The molecule has 0 bridgehead atoms. The van der Waals surface area contributed by atoms with E-state index in [0.717, 1.165) is 31.8 Å².